The van der Waals surface area contributed by atoms with Crippen molar-refractivity contribution in [3.8, 4) is 5.75 Å². The van der Waals surface area contributed by atoms with Gasteiger partial charge in [0, 0.05) is 12.5 Å². The molecule has 0 aromatic heterocycles. The standard InChI is InChI=1S/C18H20FNO/c1-21-16-7-3-5-14(11-16)17-8-9-20-12-18(17)13-4-2-6-15(19)10-13/h2-7,10-11,17-18,20H,8-9,12H2,1H3. The van der Waals surface area contributed by atoms with E-state index in [2.05, 4.69) is 17.4 Å². The van der Waals surface area contributed by atoms with E-state index in [4.69, 9.17) is 4.74 Å². The van der Waals surface area contributed by atoms with Crippen LogP contribution in [0.25, 0.3) is 0 Å². The van der Waals surface area contributed by atoms with Crippen molar-refractivity contribution < 1.29 is 9.13 Å². The number of ether oxygens (including phenoxy) is 1. The zero-order valence-electron chi connectivity index (χ0n) is 12.2. The van der Waals surface area contributed by atoms with Crippen molar-refractivity contribution in [1.82, 2.24) is 5.32 Å². The van der Waals surface area contributed by atoms with E-state index in [1.807, 2.05) is 18.2 Å². The Hall–Kier alpha value is -1.87. The minimum atomic E-state index is -0.164. The third-order valence-electron chi connectivity index (χ3n) is 4.28. The molecule has 1 heterocycles. The molecule has 0 spiro atoms. The van der Waals surface area contributed by atoms with E-state index in [-0.39, 0.29) is 5.82 Å². The highest BCUT2D eigenvalue weighted by atomic mass is 19.1. The molecule has 0 bridgehead atoms. The van der Waals surface area contributed by atoms with Gasteiger partial charge in [0.1, 0.15) is 11.6 Å². The van der Waals surface area contributed by atoms with Crippen LogP contribution in [0.3, 0.4) is 0 Å². The van der Waals surface area contributed by atoms with Crippen molar-refractivity contribution in [3.05, 3.63) is 65.5 Å². The molecular formula is C18H20FNO. The quantitative estimate of drug-likeness (QED) is 0.928. The molecule has 110 valence electrons. The molecule has 2 aromatic carbocycles. The van der Waals surface area contributed by atoms with Gasteiger partial charge in [-0.15, -0.1) is 0 Å². The topological polar surface area (TPSA) is 21.3 Å². The monoisotopic (exact) mass is 285 g/mol. The van der Waals surface area contributed by atoms with Crippen LogP contribution in [0.2, 0.25) is 0 Å². The number of piperidine rings is 1. The lowest BCUT2D eigenvalue weighted by Gasteiger charge is -2.33. The summed E-state index contributed by atoms with van der Waals surface area (Å²) in [6.45, 7) is 1.87. The fourth-order valence-electron chi connectivity index (χ4n) is 3.22. The Morgan fingerprint density at radius 3 is 2.57 bits per heavy atom. The van der Waals surface area contributed by atoms with Crippen LogP contribution in [0, 0.1) is 5.82 Å². The summed E-state index contributed by atoms with van der Waals surface area (Å²) in [5, 5.41) is 3.43. The predicted octanol–water partition coefficient (Wildman–Crippen LogP) is 3.70. The molecule has 1 fully saturated rings. The van der Waals surface area contributed by atoms with Crippen LogP contribution in [0.4, 0.5) is 4.39 Å². The Labute approximate surface area is 125 Å². The van der Waals surface area contributed by atoms with Crippen LogP contribution in [-0.4, -0.2) is 20.2 Å². The second-order valence-corrected chi connectivity index (χ2v) is 5.54. The highest BCUT2D eigenvalue weighted by Crippen LogP contribution is 2.38. The zero-order chi connectivity index (χ0) is 14.7. The zero-order valence-corrected chi connectivity index (χ0v) is 12.2. The molecule has 1 aliphatic rings. The Morgan fingerprint density at radius 1 is 1.05 bits per heavy atom. The average molecular weight is 285 g/mol. The van der Waals surface area contributed by atoms with Gasteiger partial charge in [0.25, 0.3) is 0 Å². The Morgan fingerprint density at radius 2 is 1.81 bits per heavy atom. The summed E-state index contributed by atoms with van der Waals surface area (Å²) < 4.78 is 18.9. The highest BCUT2D eigenvalue weighted by Gasteiger charge is 2.28. The lowest BCUT2D eigenvalue weighted by Crippen LogP contribution is -2.34. The maximum absolute atomic E-state index is 13.5. The molecule has 21 heavy (non-hydrogen) atoms. The number of halogens is 1. The van der Waals surface area contributed by atoms with Gasteiger partial charge in [-0.25, -0.2) is 4.39 Å². The lowest BCUT2D eigenvalue weighted by molar-refractivity contribution is 0.395. The van der Waals surface area contributed by atoms with E-state index >= 15 is 0 Å². The van der Waals surface area contributed by atoms with Crippen molar-refractivity contribution >= 4 is 0 Å². The maximum Gasteiger partial charge on any atom is 0.123 e. The lowest BCUT2D eigenvalue weighted by atomic mass is 9.77. The fourth-order valence-corrected chi connectivity index (χ4v) is 3.22. The summed E-state index contributed by atoms with van der Waals surface area (Å²) >= 11 is 0. The van der Waals surface area contributed by atoms with Gasteiger partial charge in [0.15, 0.2) is 0 Å². The van der Waals surface area contributed by atoms with Crippen LogP contribution in [0.15, 0.2) is 48.5 Å². The Kier molecular flexibility index (Phi) is 4.20. The molecule has 0 saturated carbocycles. The Balaban J connectivity index is 1.94. The van der Waals surface area contributed by atoms with Gasteiger partial charge >= 0.3 is 0 Å². The first kappa shape index (κ1) is 14.1. The highest BCUT2D eigenvalue weighted by molar-refractivity contribution is 5.35. The van der Waals surface area contributed by atoms with Crippen LogP contribution >= 0.6 is 0 Å². The van der Waals surface area contributed by atoms with Gasteiger partial charge in [-0.05, 0) is 54.3 Å². The van der Waals surface area contributed by atoms with E-state index < -0.39 is 0 Å². The molecule has 1 saturated heterocycles. The van der Waals surface area contributed by atoms with Gasteiger partial charge in [-0.1, -0.05) is 24.3 Å². The maximum atomic E-state index is 13.5. The SMILES string of the molecule is COc1cccc(C2CCNCC2c2cccc(F)c2)c1. The summed E-state index contributed by atoms with van der Waals surface area (Å²) in [6, 6.07) is 15.2. The van der Waals surface area contributed by atoms with E-state index in [1.54, 1.807) is 19.2 Å². The number of rotatable bonds is 3. The summed E-state index contributed by atoms with van der Waals surface area (Å²) in [5.74, 6) is 1.40. The first-order chi connectivity index (χ1) is 10.3. The normalized spacial score (nSPS) is 22.0. The van der Waals surface area contributed by atoms with Crippen molar-refractivity contribution in [1.29, 1.82) is 0 Å². The van der Waals surface area contributed by atoms with Crippen LogP contribution in [0.1, 0.15) is 29.4 Å². The van der Waals surface area contributed by atoms with Crippen LogP contribution < -0.4 is 10.1 Å². The van der Waals surface area contributed by atoms with Crippen molar-refractivity contribution in [3.63, 3.8) is 0 Å². The average Bonchev–Trinajstić information content (AvgIpc) is 2.55. The molecule has 2 unspecified atom stereocenters. The molecule has 1 aliphatic heterocycles. The molecule has 2 aromatic rings. The van der Waals surface area contributed by atoms with Crippen molar-refractivity contribution in [2.75, 3.05) is 20.2 Å². The molecule has 2 atom stereocenters. The summed E-state index contributed by atoms with van der Waals surface area (Å²) in [5.41, 5.74) is 2.33. The van der Waals surface area contributed by atoms with Crippen LogP contribution in [-0.2, 0) is 0 Å². The van der Waals surface area contributed by atoms with Gasteiger partial charge in [0.05, 0.1) is 7.11 Å². The summed E-state index contributed by atoms with van der Waals surface area (Å²) in [6.07, 6.45) is 1.05. The molecular weight excluding hydrogens is 265 g/mol. The smallest absolute Gasteiger partial charge is 0.123 e. The molecule has 3 rings (SSSR count). The molecule has 0 radical (unpaired) electrons. The Bertz CT molecular complexity index is 614. The van der Waals surface area contributed by atoms with E-state index in [9.17, 15) is 4.39 Å². The summed E-state index contributed by atoms with van der Waals surface area (Å²) in [4.78, 5) is 0. The third-order valence-corrected chi connectivity index (χ3v) is 4.28. The van der Waals surface area contributed by atoms with E-state index in [0.29, 0.717) is 11.8 Å². The molecule has 0 aliphatic carbocycles. The second-order valence-electron chi connectivity index (χ2n) is 5.54. The fraction of sp³-hybridized carbons (Fsp3) is 0.333. The van der Waals surface area contributed by atoms with Crippen molar-refractivity contribution in [2.24, 2.45) is 0 Å². The number of nitrogens with one attached hydrogen (secondary N) is 1. The minimum Gasteiger partial charge on any atom is -0.497 e. The van der Waals surface area contributed by atoms with Gasteiger partial charge in [-0.2, -0.15) is 0 Å². The van der Waals surface area contributed by atoms with Gasteiger partial charge in [0.2, 0.25) is 0 Å². The number of methoxy groups -OCH3 is 1. The third kappa shape index (κ3) is 3.08. The van der Waals surface area contributed by atoms with Gasteiger partial charge in [-0.3, -0.25) is 0 Å². The van der Waals surface area contributed by atoms with E-state index in [0.717, 1.165) is 30.8 Å². The number of hydrogen-bond donors (Lipinski definition) is 1. The molecule has 2 nitrogen and oxygen atoms in total. The van der Waals surface area contributed by atoms with Gasteiger partial charge < -0.3 is 10.1 Å². The molecule has 3 heteroatoms. The molecule has 0 amide bonds. The van der Waals surface area contributed by atoms with Crippen LogP contribution in [0.5, 0.6) is 5.75 Å². The largest absolute Gasteiger partial charge is 0.497 e. The first-order valence-corrected chi connectivity index (χ1v) is 7.38. The van der Waals surface area contributed by atoms with Crippen molar-refractivity contribution in [2.45, 2.75) is 18.3 Å². The summed E-state index contributed by atoms with van der Waals surface area (Å²) in [7, 11) is 1.69. The molecule has 1 N–H and O–H groups in total. The minimum absolute atomic E-state index is 0.164. The second kappa shape index (κ2) is 6.27. The first-order valence-electron chi connectivity index (χ1n) is 7.38. The number of hydrogen-bond acceptors (Lipinski definition) is 2. The van der Waals surface area contributed by atoms with E-state index in [1.165, 1.54) is 11.6 Å². The predicted molar refractivity (Wildman–Crippen MR) is 82.4 cm³/mol. The number of benzene rings is 2.